The van der Waals surface area contributed by atoms with E-state index < -0.39 is 6.23 Å². The number of nitrogens with two attached hydrogens (primary N) is 1. The summed E-state index contributed by atoms with van der Waals surface area (Å²) in [5.41, 5.74) is 9.57. The van der Waals surface area contributed by atoms with Crippen LogP contribution in [-0.4, -0.2) is 29.8 Å². The molecule has 3 N–H and O–H groups in total. The molecule has 0 spiro atoms. The second kappa shape index (κ2) is 7.91. The van der Waals surface area contributed by atoms with Crippen LogP contribution in [0, 0.1) is 0 Å². The van der Waals surface area contributed by atoms with Crippen molar-refractivity contribution < 1.29 is 5.11 Å². The smallest absolute Gasteiger partial charge is 0.181 e. The fraction of sp³-hybridized carbons (Fsp3) is 0.158. The van der Waals surface area contributed by atoms with E-state index in [1.54, 1.807) is 24.2 Å². The first-order valence-electron chi connectivity index (χ1n) is 7.96. The van der Waals surface area contributed by atoms with Crippen LogP contribution in [0.2, 0.25) is 5.02 Å². The summed E-state index contributed by atoms with van der Waals surface area (Å²) in [7, 11) is 1.72. The summed E-state index contributed by atoms with van der Waals surface area (Å²) in [6.45, 7) is 0.551. The molecule has 0 saturated carbocycles. The number of allylic oxidation sites excluding steroid dienone is 1. The van der Waals surface area contributed by atoms with Gasteiger partial charge in [0, 0.05) is 25.0 Å². The zero-order valence-corrected chi connectivity index (χ0v) is 15.6. The van der Waals surface area contributed by atoms with Gasteiger partial charge in [-0.15, -0.1) is 0 Å². The zero-order chi connectivity index (χ0) is 18.7. The standard InChI is InChI=1S/C19H18Cl2N4O/c1-25-16-8-13(7-15(20)17(16)24-18(21)19(25)26)14(9-22)11-23-10-12-5-3-2-4-6-12/h2-9,11,19,26H,10,22H2,1H3. The predicted octanol–water partition coefficient (Wildman–Crippen LogP) is 3.95. The molecule has 3 rings (SSSR count). The van der Waals surface area contributed by atoms with Crippen molar-refractivity contribution in [1.82, 2.24) is 0 Å². The van der Waals surface area contributed by atoms with Crippen LogP contribution in [0.25, 0.3) is 5.57 Å². The maximum Gasteiger partial charge on any atom is 0.181 e. The quantitative estimate of drug-likeness (QED) is 0.778. The predicted molar refractivity (Wildman–Crippen MR) is 110 cm³/mol. The minimum Gasteiger partial charge on any atom is -0.404 e. The normalized spacial score (nSPS) is 17.4. The van der Waals surface area contributed by atoms with Gasteiger partial charge in [-0.2, -0.15) is 0 Å². The molecule has 5 nitrogen and oxygen atoms in total. The topological polar surface area (TPSA) is 74.2 Å². The molecule has 0 fully saturated rings. The average Bonchev–Trinajstić information content (AvgIpc) is 2.65. The molecule has 0 aromatic heterocycles. The lowest BCUT2D eigenvalue weighted by atomic mass is 10.0. The van der Waals surface area contributed by atoms with Gasteiger partial charge in [-0.1, -0.05) is 53.5 Å². The number of halogens is 2. The third kappa shape index (κ3) is 3.75. The van der Waals surface area contributed by atoms with Crippen LogP contribution in [0.15, 0.2) is 58.6 Å². The van der Waals surface area contributed by atoms with Gasteiger partial charge in [-0.05, 0) is 23.3 Å². The Balaban J connectivity index is 1.90. The highest BCUT2D eigenvalue weighted by atomic mass is 35.5. The summed E-state index contributed by atoms with van der Waals surface area (Å²) in [6, 6.07) is 13.5. The third-order valence-corrected chi connectivity index (χ3v) is 4.65. The maximum absolute atomic E-state index is 10.1. The minimum atomic E-state index is -1.01. The van der Waals surface area contributed by atoms with Gasteiger partial charge in [0.05, 0.1) is 17.3 Å². The van der Waals surface area contributed by atoms with Crippen molar-refractivity contribution in [2.45, 2.75) is 12.8 Å². The number of nitrogens with zero attached hydrogens (tertiary/aromatic N) is 3. The summed E-state index contributed by atoms with van der Waals surface area (Å²) in [5, 5.41) is 10.6. The van der Waals surface area contributed by atoms with Crippen molar-refractivity contribution in [2.75, 3.05) is 11.9 Å². The number of benzene rings is 2. The minimum absolute atomic E-state index is 0.0775. The van der Waals surface area contributed by atoms with Crippen LogP contribution < -0.4 is 10.6 Å². The molecule has 0 radical (unpaired) electrons. The number of aliphatic hydroxyl groups is 1. The largest absolute Gasteiger partial charge is 0.404 e. The Labute approximate surface area is 162 Å². The highest BCUT2D eigenvalue weighted by Gasteiger charge is 2.26. The molecular formula is C19H18Cl2N4O. The van der Waals surface area contributed by atoms with Crippen molar-refractivity contribution in [3.63, 3.8) is 0 Å². The van der Waals surface area contributed by atoms with E-state index in [0.717, 1.165) is 11.1 Å². The Morgan fingerprint density at radius 3 is 2.73 bits per heavy atom. The van der Waals surface area contributed by atoms with Gasteiger partial charge in [-0.3, -0.25) is 4.99 Å². The van der Waals surface area contributed by atoms with Crippen LogP contribution in [0.3, 0.4) is 0 Å². The molecule has 7 heteroatoms. The highest BCUT2D eigenvalue weighted by molar-refractivity contribution is 6.67. The lowest BCUT2D eigenvalue weighted by Crippen LogP contribution is -2.38. The Morgan fingerprint density at radius 1 is 1.31 bits per heavy atom. The molecule has 0 aliphatic carbocycles. The average molecular weight is 389 g/mol. The van der Waals surface area contributed by atoms with E-state index in [0.29, 0.717) is 28.5 Å². The molecule has 134 valence electrons. The molecule has 1 atom stereocenters. The summed E-state index contributed by atoms with van der Waals surface area (Å²) in [5.74, 6) is 0. The SMILES string of the molecule is CN1c2cc(C(C=NCc3ccccc3)=CN)cc(Cl)c2N=C(Cl)C1O. The molecule has 2 aromatic rings. The number of hydrogen-bond donors (Lipinski definition) is 2. The molecule has 1 aliphatic rings. The van der Waals surface area contributed by atoms with Crippen molar-refractivity contribution in [1.29, 1.82) is 0 Å². The number of rotatable bonds is 4. The summed E-state index contributed by atoms with van der Waals surface area (Å²) >= 11 is 12.3. The molecule has 0 saturated heterocycles. The van der Waals surface area contributed by atoms with Crippen molar-refractivity contribution in [2.24, 2.45) is 15.7 Å². The molecule has 1 unspecified atom stereocenters. The van der Waals surface area contributed by atoms with E-state index in [1.807, 2.05) is 36.4 Å². The van der Waals surface area contributed by atoms with Crippen LogP contribution in [-0.2, 0) is 6.54 Å². The Hall–Kier alpha value is -2.34. The van der Waals surface area contributed by atoms with Crippen LogP contribution in [0.5, 0.6) is 0 Å². The van der Waals surface area contributed by atoms with E-state index in [-0.39, 0.29) is 5.17 Å². The van der Waals surface area contributed by atoms with Gasteiger partial charge in [0.15, 0.2) is 11.4 Å². The van der Waals surface area contributed by atoms with Crippen molar-refractivity contribution in [3.05, 3.63) is 64.8 Å². The van der Waals surface area contributed by atoms with E-state index in [4.69, 9.17) is 28.9 Å². The summed E-state index contributed by atoms with van der Waals surface area (Å²) in [4.78, 5) is 10.2. The third-order valence-electron chi connectivity index (χ3n) is 4.08. The van der Waals surface area contributed by atoms with Gasteiger partial charge in [0.1, 0.15) is 5.69 Å². The first-order chi connectivity index (χ1) is 12.5. The van der Waals surface area contributed by atoms with Crippen LogP contribution >= 0.6 is 23.2 Å². The van der Waals surface area contributed by atoms with Crippen molar-refractivity contribution >= 4 is 51.5 Å². The van der Waals surface area contributed by atoms with E-state index in [2.05, 4.69) is 9.98 Å². The molecule has 1 heterocycles. The fourth-order valence-corrected chi connectivity index (χ4v) is 3.12. The number of aliphatic hydroxyl groups excluding tert-OH is 1. The van der Waals surface area contributed by atoms with Gasteiger partial charge >= 0.3 is 0 Å². The van der Waals surface area contributed by atoms with Crippen LogP contribution in [0.4, 0.5) is 11.4 Å². The maximum atomic E-state index is 10.1. The summed E-state index contributed by atoms with van der Waals surface area (Å²) in [6.07, 6.45) is 2.18. The van der Waals surface area contributed by atoms with Gasteiger partial charge in [0.25, 0.3) is 0 Å². The molecule has 0 amide bonds. The first kappa shape index (κ1) is 18.5. The Morgan fingerprint density at radius 2 is 2.04 bits per heavy atom. The Bertz CT molecular complexity index is 894. The molecule has 0 bridgehead atoms. The molecule has 26 heavy (non-hydrogen) atoms. The number of fused-ring (bicyclic) bond motifs is 1. The number of anilines is 1. The Kier molecular flexibility index (Phi) is 5.61. The van der Waals surface area contributed by atoms with Crippen LogP contribution in [0.1, 0.15) is 11.1 Å². The van der Waals surface area contributed by atoms with Crippen molar-refractivity contribution in [3.8, 4) is 0 Å². The van der Waals surface area contributed by atoms with E-state index in [1.165, 1.54) is 6.20 Å². The molecule has 2 aromatic carbocycles. The van der Waals surface area contributed by atoms with Gasteiger partial charge < -0.3 is 15.7 Å². The number of hydrogen-bond acceptors (Lipinski definition) is 5. The number of aliphatic imine (C=N–C) groups is 2. The van der Waals surface area contributed by atoms with E-state index in [9.17, 15) is 5.11 Å². The lowest BCUT2D eigenvalue weighted by molar-refractivity contribution is 0.243. The second-order valence-electron chi connectivity index (χ2n) is 5.82. The monoisotopic (exact) mass is 388 g/mol. The van der Waals surface area contributed by atoms with Gasteiger partial charge in [0.2, 0.25) is 0 Å². The highest BCUT2D eigenvalue weighted by Crippen LogP contribution is 2.41. The first-order valence-corrected chi connectivity index (χ1v) is 8.71. The molecular weight excluding hydrogens is 371 g/mol. The summed E-state index contributed by atoms with van der Waals surface area (Å²) < 4.78 is 0. The zero-order valence-electron chi connectivity index (χ0n) is 14.1. The second-order valence-corrected chi connectivity index (χ2v) is 6.62. The lowest BCUT2D eigenvalue weighted by Gasteiger charge is -2.30. The van der Waals surface area contributed by atoms with Gasteiger partial charge in [-0.25, -0.2) is 4.99 Å². The fourth-order valence-electron chi connectivity index (χ4n) is 2.63. The van der Waals surface area contributed by atoms with E-state index >= 15 is 0 Å². The molecule has 1 aliphatic heterocycles.